The van der Waals surface area contributed by atoms with E-state index in [9.17, 15) is 19.0 Å². The third kappa shape index (κ3) is 60.0. The van der Waals surface area contributed by atoms with E-state index in [1.165, 1.54) is 270 Å². The Labute approximate surface area is 460 Å². The predicted octanol–water partition coefficient (Wildman–Crippen LogP) is 20.8. The molecule has 440 valence electrons. The highest BCUT2D eigenvalue weighted by atomic mass is 31.2. The van der Waals surface area contributed by atoms with Crippen LogP contribution in [0.5, 0.6) is 0 Å². The SMILES string of the molecule is CCCCCC/C=C\CCCCCCCC(=O)OC(COC(=O)CCCCCCCCCCCCCCCCCCCCCCCCCCCCCCCCCCCCCCCCCC)COP(=O)(O)OCCN. The zero-order chi connectivity index (χ0) is 53.8. The molecule has 0 aromatic carbocycles. The number of phosphoric ester groups is 1. The lowest BCUT2D eigenvalue weighted by Gasteiger charge is -2.19. The number of unbranched alkanes of at least 4 members (excludes halogenated alkanes) is 48. The lowest BCUT2D eigenvalue weighted by atomic mass is 10.0. The first kappa shape index (κ1) is 72.8. The Hall–Kier alpha value is -1.25. The molecule has 2 unspecified atom stereocenters. The van der Waals surface area contributed by atoms with Gasteiger partial charge in [-0.1, -0.05) is 315 Å². The smallest absolute Gasteiger partial charge is 0.462 e. The van der Waals surface area contributed by atoms with Crippen LogP contribution in [0.2, 0.25) is 0 Å². The highest BCUT2D eigenvalue weighted by Gasteiger charge is 2.26. The molecule has 0 spiro atoms. The number of esters is 2. The number of allylic oxidation sites excluding steroid dienone is 2. The number of carbonyl (C=O) groups excluding carboxylic acids is 2. The molecule has 3 N–H and O–H groups in total. The molecule has 0 bridgehead atoms. The van der Waals surface area contributed by atoms with Gasteiger partial charge < -0.3 is 20.1 Å². The van der Waals surface area contributed by atoms with Gasteiger partial charge >= 0.3 is 19.8 Å². The van der Waals surface area contributed by atoms with Gasteiger partial charge in [-0.15, -0.1) is 0 Å². The first-order valence-electron chi connectivity index (χ1n) is 32.7. The Morgan fingerprint density at radius 1 is 0.392 bits per heavy atom. The molecule has 0 aliphatic carbocycles. The molecule has 0 aliphatic rings. The van der Waals surface area contributed by atoms with E-state index in [2.05, 4.69) is 26.0 Å². The van der Waals surface area contributed by atoms with Crippen molar-refractivity contribution in [2.24, 2.45) is 5.73 Å². The lowest BCUT2D eigenvalue weighted by Crippen LogP contribution is -2.29. The fourth-order valence-electron chi connectivity index (χ4n) is 10.0. The number of phosphoric acid groups is 1. The molecule has 0 aromatic rings. The molecule has 10 heteroatoms. The minimum atomic E-state index is -4.38. The van der Waals surface area contributed by atoms with Gasteiger partial charge in [0.05, 0.1) is 13.2 Å². The highest BCUT2D eigenvalue weighted by Crippen LogP contribution is 2.43. The normalized spacial score (nSPS) is 13.0. The third-order valence-electron chi connectivity index (χ3n) is 14.9. The maximum atomic E-state index is 12.6. The predicted molar refractivity (Wildman–Crippen MR) is 317 cm³/mol. The summed E-state index contributed by atoms with van der Waals surface area (Å²) in [6, 6.07) is 0. The van der Waals surface area contributed by atoms with E-state index in [0.29, 0.717) is 6.42 Å². The molecule has 74 heavy (non-hydrogen) atoms. The van der Waals surface area contributed by atoms with Gasteiger partial charge in [0.25, 0.3) is 0 Å². The van der Waals surface area contributed by atoms with Crippen LogP contribution in [0.1, 0.15) is 354 Å². The monoisotopic (exact) mass is 1070 g/mol. The van der Waals surface area contributed by atoms with Crippen LogP contribution >= 0.6 is 7.82 Å². The number of rotatable bonds is 63. The van der Waals surface area contributed by atoms with Crippen molar-refractivity contribution in [3.05, 3.63) is 12.2 Å². The average Bonchev–Trinajstić information content (AvgIpc) is 3.39. The van der Waals surface area contributed by atoms with Crippen LogP contribution in [0.4, 0.5) is 0 Å². The van der Waals surface area contributed by atoms with E-state index in [4.69, 9.17) is 24.3 Å². The van der Waals surface area contributed by atoms with Crippen molar-refractivity contribution < 1.29 is 37.6 Å². The van der Waals surface area contributed by atoms with E-state index >= 15 is 0 Å². The lowest BCUT2D eigenvalue weighted by molar-refractivity contribution is -0.161. The number of hydrogen-bond donors (Lipinski definition) is 2. The van der Waals surface area contributed by atoms with Crippen LogP contribution in [0.15, 0.2) is 12.2 Å². The van der Waals surface area contributed by atoms with Crippen molar-refractivity contribution in [2.45, 2.75) is 360 Å². The molecule has 0 amide bonds. The van der Waals surface area contributed by atoms with Crippen molar-refractivity contribution in [3.8, 4) is 0 Å². The van der Waals surface area contributed by atoms with Crippen LogP contribution in [0, 0.1) is 0 Å². The molecule has 0 saturated carbocycles. The second-order valence-corrected chi connectivity index (χ2v) is 23.8. The number of nitrogens with two attached hydrogens (primary N) is 1. The van der Waals surface area contributed by atoms with E-state index in [-0.39, 0.29) is 38.6 Å². The van der Waals surface area contributed by atoms with Crippen LogP contribution < -0.4 is 5.73 Å². The van der Waals surface area contributed by atoms with Crippen molar-refractivity contribution in [2.75, 3.05) is 26.4 Å². The van der Waals surface area contributed by atoms with Crippen LogP contribution in [0.25, 0.3) is 0 Å². The molecule has 0 aromatic heterocycles. The summed E-state index contributed by atoms with van der Waals surface area (Å²) in [5.41, 5.74) is 5.38. The first-order valence-corrected chi connectivity index (χ1v) is 34.2. The molecule has 0 aliphatic heterocycles. The summed E-state index contributed by atoms with van der Waals surface area (Å²) >= 11 is 0. The van der Waals surface area contributed by atoms with Crippen molar-refractivity contribution in [3.63, 3.8) is 0 Å². The molecular formula is C64H126NO8P. The van der Waals surface area contributed by atoms with Gasteiger partial charge in [0.1, 0.15) is 6.61 Å². The van der Waals surface area contributed by atoms with Gasteiger partial charge in [0.15, 0.2) is 6.10 Å². The quantitative estimate of drug-likeness (QED) is 0.0264. The molecular weight excluding hydrogens is 942 g/mol. The molecule has 0 heterocycles. The number of hydrogen-bond acceptors (Lipinski definition) is 8. The fraction of sp³-hybridized carbons (Fsp3) is 0.938. The standard InChI is InChI=1S/C64H126NO8P/c1-3-5-7-9-11-13-15-17-18-19-20-21-22-23-24-25-26-27-28-29-30-31-32-33-34-35-36-37-38-39-40-41-42-43-45-46-48-50-52-54-56-63(66)70-60-62(61-72-74(68,69)71-59-58-65)73-64(67)57-55-53-51-49-47-44-16-14-12-10-8-6-4-2/h14,16,62H,3-13,15,17-61,65H2,1-2H3,(H,68,69)/b16-14-. The van der Waals surface area contributed by atoms with Gasteiger partial charge in [0.2, 0.25) is 0 Å². The summed E-state index contributed by atoms with van der Waals surface area (Å²) in [7, 11) is -4.38. The minimum Gasteiger partial charge on any atom is -0.462 e. The van der Waals surface area contributed by atoms with Crippen molar-refractivity contribution in [1.82, 2.24) is 0 Å². The Balaban J connectivity index is 3.66. The maximum absolute atomic E-state index is 12.6. The van der Waals surface area contributed by atoms with Gasteiger partial charge in [-0.25, -0.2) is 4.57 Å². The Morgan fingerprint density at radius 2 is 0.662 bits per heavy atom. The summed E-state index contributed by atoms with van der Waals surface area (Å²) in [5.74, 6) is -0.820. The summed E-state index contributed by atoms with van der Waals surface area (Å²) in [4.78, 5) is 35.1. The largest absolute Gasteiger partial charge is 0.472 e. The second kappa shape index (κ2) is 61.0. The van der Waals surface area contributed by atoms with E-state index in [1.54, 1.807) is 0 Å². The Morgan fingerprint density at radius 3 is 0.973 bits per heavy atom. The van der Waals surface area contributed by atoms with Gasteiger partial charge in [-0.05, 0) is 38.5 Å². The summed E-state index contributed by atoms with van der Waals surface area (Å²) < 4.78 is 33.0. The summed E-state index contributed by atoms with van der Waals surface area (Å²) in [5, 5.41) is 0. The molecule has 0 saturated heterocycles. The molecule has 0 fully saturated rings. The zero-order valence-electron chi connectivity index (χ0n) is 49.4. The van der Waals surface area contributed by atoms with E-state index in [0.717, 1.165) is 51.4 Å². The van der Waals surface area contributed by atoms with Crippen LogP contribution in [0.3, 0.4) is 0 Å². The van der Waals surface area contributed by atoms with Gasteiger partial charge in [-0.3, -0.25) is 18.6 Å². The highest BCUT2D eigenvalue weighted by molar-refractivity contribution is 7.47. The van der Waals surface area contributed by atoms with Crippen molar-refractivity contribution >= 4 is 19.8 Å². The van der Waals surface area contributed by atoms with Crippen molar-refractivity contribution in [1.29, 1.82) is 0 Å². The molecule has 2 atom stereocenters. The fourth-order valence-corrected chi connectivity index (χ4v) is 10.8. The maximum Gasteiger partial charge on any atom is 0.472 e. The van der Waals surface area contributed by atoms with Gasteiger partial charge in [0, 0.05) is 19.4 Å². The topological polar surface area (TPSA) is 134 Å². The van der Waals surface area contributed by atoms with Crippen LogP contribution in [-0.4, -0.2) is 49.3 Å². The molecule has 0 rings (SSSR count). The van der Waals surface area contributed by atoms with E-state index < -0.39 is 26.5 Å². The number of carbonyl (C=O) groups is 2. The summed E-state index contributed by atoms with van der Waals surface area (Å²) in [6.45, 7) is 3.77. The van der Waals surface area contributed by atoms with E-state index in [1.807, 2.05) is 0 Å². The average molecular weight is 1070 g/mol. The third-order valence-corrected chi connectivity index (χ3v) is 15.9. The molecule has 9 nitrogen and oxygen atoms in total. The Kier molecular flexibility index (Phi) is 59.9. The zero-order valence-corrected chi connectivity index (χ0v) is 50.3. The minimum absolute atomic E-state index is 0.0551. The van der Waals surface area contributed by atoms with Gasteiger partial charge in [-0.2, -0.15) is 0 Å². The first-order chi connectivity index (χ1) is 36.3. The Bertz CT molecular complexity index is 1220. The van der Waals surface area contributed by atoms with Crippen LogP contribution in [-0.2, 0) is 32.7 Å². The summed E-state index contributed by atoms with van der Waals surface area (Å²) in [6.07, 6.45) is 72.0. The molecule has 0 radical (unpaired) electrons. The number of ether oxygens (including phenoxy) is 2. The second-order valence-electron chi connectivity index (χ2n) is 22.3.